The van der Waals surface area contributed by atoms with Gasteiger partial charge >= 0.3 is 0 Å². The van der Waals surface area contributed by atoms with E-state index in [0.717, 1.165) is 30.6 Å². The summed E-state index contributed by atoms with van der Waals surface area (Å²) in [6.07, 6.45) is 0.548. The van der Waals surface area contributed by atoms with E-state index in [9.17, 15) is 20.3 Å². The zero-order chi connectivity index (χ0) is 23.7. The number of aromatic hydroxyl groups is 1. The van der Waals surface area contributed by atoms with Crippen LogP contribution in [0.1, 0.15) is 23.1 Å². The molecule has 8 heteroatoms. The molecular formula is C26H24N4O4. The maximum absolute atomic E-state index is 11.4. The van der Waals surface area contributed by atoms with Gasteiger partial charge in [0.2, 0.25) is 0 Å². The highest BCUT2D eigenvalue weighted by molar-refractivity contribution is 6.22. The minimum atomic E-state index is -0.454. The molecular weight excluding hydrogens is 432 g/mol. The van der Waals surface area contributed by atoms with E-state index in [1.165, 1.54) is 12.1 Å². The summed E-state index contributed by atoms with van der Waals surface area (Å²) in [4.78, 5) is 20.9. The van der Waals surface area contributed by atoms with E-state index >= 15 is 0 Å². The van der Waals surface area contributed by atoms with Crippen LogP contribution in [0.5, 0.6) is 5.88 Å². The van der Waals surface area contributed by atoms with Gasteiger partial charge in [-0.1, -0.05) is 42.5 Å². The molecule has 0 bridgehead atoms. The van der Waals surface area contributed by atoms with Crippen LogP contribution in [0.2, 0.25) is 0 Å². The molecule has 1 fully saturated rings. The molecule has 1 aliphatic rings. The first-order valence-electron chi connectivity index (χ1n) is 11.1. The van der Waals surface area contributed by atoms with Crippen LogP contribution in [0.4, 0.5) is 11.4 Å². The summed E-state index contributed by atoms with van der Waals surface area (Å²) in [5, 5.41) is 32.4. The number of aliphatic imine (C=N–C) groups is 1. The molecule has 1 saturated heterocycles. The Morgan fingerprint density at radius 3 is 2.56 bits per heavy atom. The monoisotopic (exact) mass is 456 g/mol. The van der Waals surface area contributed by atoms with E-state index in [0.29, 0.717) is 34.4 Å². The number of aliphatic hydroxyl groups excluding tert-OH is 1. The van der Waals surface area contributed by atoms with E-state index in [1.54, 1.807) is 6.07 Å². The lowest BCUT2D eigenvalue weighted by Crippen LogP contribution is -2.21. The number of nitrogens with zero attached hydrogens (tertiary/aromatic N) is 3. The lowest BCUT2D eigenvalue weighted by Gasteiger charge is -2.15. The van der Waals surface area contributed by atoms with Crippen LogP contribution in [0.3, 0.4) is 0 Å². The van der Waals surface area contributed by atoms with Crippen LogP contribution in [0.25, 0.3) is 10.9 Å². The molecule has 0 aliphatic carbocycles. The molecule has 3 N–H and O–H groups in total. The lowest BCUT2D eigenvalue weighted by molar-refractivity contribution is -0.384. The van der Waals surface area contributed by atoms with Crippen molar-refractivity contribution < 1.29 is 15.1 Å². The Morgan fingerprint density at radius 1 is 1.12 bits per heavy atom. The maximum Gasteiger partial charge on any atom is 0.270 e. The summed E-state index contributed by atoms with van der Waals surface area (Å²) < 4.78 is 0. The largest absolute Gasteiger partial charge is 0.494 e. The van der Waals surface area contributed by atoms with Crippen molar-refractivity contribution in [2.75, 3.05) is 13.1 Å². The number of non-ortho nitro benzene ring substituents is 1. The number of nitro groups is 1. The van der Waals surface area contributed by atoms with Crippen molar-refractivity contribution in [1.82, 2.24) is 9.88 Å². The van der Waals surface area contributed by atoms with Crippen LogP contribution in [0.15, 0.2) is 77.8 Å². The summed E-state index contributed by atoms with van der Waals surface area (Å²) in [6.45, 7) is 2.33. The Bertz CT molecular complexity index is 1360. The van der Waals surface area contributed by atoms with Gasteiger partial charge in [0.1, 0.15) is 0 Å². The van der Waals surface area contributed by atoms with Gasteiger partial charge in [0.25, 0.3) is 5.69 Å². The Morgan fingerprint density at radius 2 is 1.88 bits per heavy atom. The van der Waals surface area contributed by atoms with E-state index in [2.05, 4.69) is 9.88 Å². The van der Waals surface area contributed by atoms with Crippen LogP contribution in [0, 0.1) is 10.1 Å². The van der Waals surface area contributed by atoms with Gasteiger partial charge < -0.3 is 15.2 Å². The number of aromatic nitrogens is 1. The second-order valence-corrected chi connectivity index (χ2v) is 8.51. The van der Waals surface area contributed by atoms with Gasteiger partial charge in [0.05, 0.1) is 28.0 Å². The van der Waals surface area contributed by atoms with Crippen molar-refractivity contribution in [2.45, 2.75) is 19.1 Å². The number of nitrogens with one attached hydrogen (secondary N) is 1. The van der Waals surface area contributed by atoms with Gasteiger partial charge in [0, 0.05) is 48.2 Å². The molecule has 34 heavy (non-hydrogen) atoms. The number of fused-ring (bicyclic) bond motifs is 1. The fourth-order valence-corrected chi connectivity index (χ4v) is 4.40. The average molecular weight is 457 g/mol. The van der Waals surface area contributed by atoms with E-state index in [4.69, 9.17) is 4.99 Å². The van der Waals surface area contributed by atoms with Gasteiger partial charge in [-0.15, -0.1) is 0 Å². The third kappa shape index (κ3) is 4.41. The van der Waals surface area contributed by atoms with E-state index in [1.807, 2.05) is 54.6 Å². The molecule has 4 aromatic rings. The normalized spacial score (nSPS) is 16.9. The van der Waals surface area contributed by atoms with Crippen LogP contribution >= 0.6 is 0 Å². The summed E-state index contributed by atoms with van der Waals surface area (Å²) in [5.41, 5.74) is 4.06. The van der Waals surface area contributed by atoms with Gasteiger partial charge in [0.15, 0.2) is 5.88 Å². The summed E-state index contributed by atoms with van der Waals surface area (Å²) in [5.74, 6) is -0.0951. The zero-order valence-corrected chi connectivity index (χ0v) is 18.4. The van der Waals surface area contributed by atoms with Crippen molar-refractivity contribution in [1.29, 1.82) is 0 Å². The third-order valence-electron chi connectivity index (χ3n) is 6.09. The highest BCUT2D eigenvalue weighted by Gasteiger charge is 2.22. The first-order chi connectivity index (χ1) is 16.5. The topological polar surface area (TPSA) is 115 Å². The van der Waals surface area contributed by atoms with Gasteiger partial charge in [-0.05, 0) is 30.2 Å². The molecule has 0 saturated carbocycles. The fraction of sp³-hybridized carbons (Fsp3) is 0.192. The van der Waals surface area contributed by atoms with Crippen LogP contribution in [-0.2, 0) is 6.54 Å². The van der Waals surface area contributed by atoms with Crippen molar-refractivity contribution >= 4 is 28.0 Å². The molecule has 0 radical (unpaired) electrons. The molecule has 0 amide bonds. The number of benzene rings is 3. The number of aliphatic hydroxyl groups is 1. The summed E-state index contributed by atoms with van der Waals surface area (Å²) >= 11 is 0. The molecule has 5 rings (SSSR count). The summed E-state index contributed by atoms with van der Waals surface area (Å²) in [7, 11) is 0. The second kappa shape index (κ2) is 9.09. The molecule has 1 atom stereocenters. The first kappa shape index (κ1) is 21.8. The Labute approximate surface area is 196 Å². The predicted molar refractivity (Wildman–Crippen MR) is 131 cm³/mol. The van der Waals surface area contributed by atoms with Crippen LogP contribution < -0.4 is 0 Å². The minimum Gasteiger partial charge on any atom is -0.494 e. The molecule has 1 unspecified atom stereocenters. The van der Waals surface area contributed by atoms with E-state index < -0.39 is 4.92 Å². The molecule has 1 aliphatic heterocycles. The number of rotatable bonds is 6. The Kier molecular flexibility index (Phi) is 5.83. The average Bonchev–Trinajstić information content (AvgIpc) is 3.40. The Hall–Kier alpha value is -4.01. The molecule has 0 spiro atoms. The SMILES string of the molecule is O=[N+]([O-])c1ccc2[nH]c(O)c(C(=Nc3ccc(CN4CCC(O)C4)cc3)c3ccccc3)c2c1. The molecule has 8 nitrogen and oxygen atoms in total. The molecule has 1 aromatic heterocycles. The van der Waals surface area contributed by atoms with Crippen molar-refractivity contribution in [3.8, 4) is 5.88 Å². The number of likely N-dealkylation sites (tertiary alicyclic amines) is 1. The highest BCUT2D eigenvalue weighted by Crippen LogP contribution is 2.33. The van der Waals surface area contributed by atoms with Gasteiger partial charge in [-0.2, -0.15) is 0 Å². The lowest BCUT2D eigenvalue weighted by atomic mass is 10.0. The maximum atomic E-state index is 11.4. The number of aromatic amines is 1. The second-order valence-electron chi connectivity index (χ2n) is 8.51. The quantitative estimate of drug-likeness (QED) is 0.224. The summed E-state index contributed by atoms with van der Waals surface area (Å²) in [6, 6.07) is 21.7. The van der Waals surface area contributed by atoms with Crippen LogP contribution in [-0.4, -0.2) is 49.9 Å². The molecule has 2 heterocycles. The van der Waals surface area contributed by atoms with Gasteiger partial charge in [-0.3, -0.25) is 15.0 Å². The number of β-amino-alcohol motifs (C(OH)–C–C–N with tert-alkyl or cyclic N) is 1. The van der Waals surface area contributed by atoms with Crippen molar-refractivity contribution in [2.24, 2.45) is 4.99 Å². The first-order valence-corrected chi connectivity index (χ1v) is 11.1. The number of H-pyrrole nitrogens is 1. The molecule has 3 aromatic carbocycles. The van der Waals surface area contributed by atoms with Crippen molar-refractivity contribution in [3.05, 3.63) is 99.6 Å². The minimum absolute atomic E-state index is 0.0588. The standard InChI is InChI=1S/C26H24N4O4/c31-21-12-13-29(16-21)15-17-6-8-19(9-7-17)27-25(18-4-2-1-3-5-18)24-22-14-20(30(33)34)10-11-23(22)28-26(24)32/h1-11,14,21,28,31-32H,12-13,15-16H2. The van der Waals surface area contributed by atoms with E-state index in [-0.39, 0.29) is 17.7 Å². The molecule has 172 valence electrons. The Balaban J connectivity index is 1.56. The fourth-order valence-electron chi connectivity index (χ4n) is 4.40. The number of hydrogen-bond donors (Lipinski definition) is 3. The number of nitro benzene ring substituents is 1. The number of hydrogen-bond acceptors (Lipinski definition) is 6. The zero-order valence-electron chi connectivity index (χ0n) is 18.4. The highest BCUT2D eigenvalue weighted by atomic mass is 16.6. The third-order valence-corrected chi connectivity index (χ3v) is 6.09. The predicted octanol–water partition coefficient (Wildman–Crippen LogP) is 4.52. The smallest absolute Gasteiger partial charge is 0.270 e. The van der Waals surface area contributed by atoms with Crippen molar-refractivity contribution in [3.63, 3.8) is 0 Å². The van der Waals surface area contributed by atoms with Gasteiger partial charge in [-0.25, -0.2) is 4.99 Å².